The Balaban J connectivity index is 1.31. The van der Waals surface area contributed by atoms with Crippen molar-refractivity contribution < 1.29 is 0 Å². The van der Waals surface area contributed by atoms with Crippen molar-refractivity contribution in [1.82, 2.24) is 4.57 Å². The monoisotopic (exact) mass is 516 g/mol. The van der Waals surface area contributed by atoms with E-state index in [4.69, 9.17) is 0 Å². The van der Waals surface area contributed by atoms with E-state index in [2.05, 4.69) is 143 Å². The molecule has 3 heteroatoms. The Morgan fingerprint density at radius 1 is 0.564 bits per heavy atom. The van der Waals surface area contributed by atoms with Crippen LogP contribution in [0.4, 0.5) is 11.4 Å². The number of nitrogens with zero attached hydrogens (tertiary/aromatic N) is 2. The standard InChI is InChI=1S/C36H24N2S/c1-5-15-30-24(10-1)25-11-2-6-16-31(25)37(30)23-20-21-33-29(22-23)26-12-3-7-17-32(26)38(33)34-18-9-14-28-27-13-4-8-19-35(27)39-36(28)34/h1-22,24,30H. The molecule has 184 valence electrons. The molecule has 0 radical (unpaired) electrons. The van der Waals surface area contributed by atoms with Gasteiger partial charge in [-0.15, -0.1) is 11.3 Å². The maximum Gasteiger partial charge on any atom is 0.0640 e. The van der Waals surface area contributed by atoms with Crippen molar-refractivity contribution in [3.8, 4) is 5.69 Å². The highest BCUT2D eigenvalue weighted by molar-refractivity contribution is 7.26. The van der Waals surface area contributed by atoms with E-state index in [-0.39, 0.29) is 0 Å². The maximum atomic E-state index is 2.53. The molecule has 2 aliphatic rings. The van der Waals surface area contributed by atoms with Gasteiger partial charge in [0.1, 0.15) is 0 Å². The lowest BCUT2D eigenvalue weighted by molar-refractivity contribution is 0.745. The molecule has 2 unspecified atom stereocenters. The van der Waals surface area contributed by atoms with Crippen LogP contribution in [0.3, 0.4) is 0 Å². The number of benzene rings is 5. The fourth-order valence-corrected chi connectivity index (χ4v) is 8.08. The van der Waals surface area contributed by atoms with Gasteiger partial charge in [-0.3, -0.25) is 0 Å². The Bertz CT molecular complexity index is 2160. The van der Waals surface area contributed by atoms with E-state index in [1.54, 1.807) is 0 Å². The second-order valence-corrected chi connectivity index (χ2v) is 11.6. The Kier molecular flexibility index (Phi) is 4.35. The molecule has 0 N–H and O–H groups in total. The summed E-state index contributed by atoms with van der Waals surface area (Å²) >= 11 is 1.89. The molecule has 0 bridgehead atoms. The zero-order valence-electron chi connectivity index (χ0n) is 21.2. The largest absolute Gasteiger partial charge is 0.333 e. The Morgan fingerprint density at radius 2 is 1.31 bits per heavy atom. The van der Waals surface area contributed by atoms with Crippen LogP contribution >= 0.6 is 11.3 Å². The van der Waals surface area contributed by atoms with Gasteiger partial charge in [-0.05, 0) is 48.0 Å². The number of hydrogen-bond donors (Lipinski definition) is 0. The summed E-state index contributed by atoms with van der Waals surface area (Å²) in [6, 6.07) is 40.6. The van der Waals surface area contributed by atoms with Crippen molar-refractivity contribution in [2.45, 2.75) is 12.0 Å². The average molecular weight is 517 g/mol. The van der Waals surface area contributed by atoms with Gasteiger partial charge in [-0.1, -0.05) is 91.0 Å². The minimum absolute atomic E-state index is 0.297. The number of thiophene rings is 1. The minimum Gasteiger partial charge on any atom is -0.333 e. The molecule has 0 spiro atoms. The fourth-order valence-electron chi connectivity index (χ4n) is 6.87. The molecule has 2 aromatic heterocycles. The minimum atomic E-state index is 0.297. The van der Waals surface area contributed by atoms with Crippen molar-refractivity contribution in [2.24, 2.45) is 0 Å². The molecule has 7 aromatic rings. The van der Waals surface area contributed by atoms with Crippen LogP contribution in [0.1, 0.15) is 11.5 Å². The molecule has 0 fully saturated rings. The van der Waals surface area contributed by atoms with Crippen molar-refractivity contribution >= 4 is 64.7 Å². The Morgan fingerprint density at radius 3 is 2.28 bits per heavy atom. The molecule has 9 rings (SSSR count). The molecule has 0 saturated carbocycles. The van der Waals surface area contributed by atoms with Crippen LogP contribution in [-0.2, 0) is 0 Å². The van der Waals surface area contributed by atoms with E-state index in [0.29, 0.717) is 12.0 Å². The first-order chi connectivity index (χ1) is 19.4. The van der Waals surface area contributed by atoms with Crippen LogP contribution in [0.15, 0.2) is 133 Å². The van der Waals surface area contributed by atoms with Gasteiger partial charge in [0.25, 0.3) is 0 Å². The van der Waals surface area contributed by atoms with E-state index in [9.17, 15) is 0 Å². The fraction of sp³-hybridized carbons (Fsp3) is 0.0556. The molecule has 3 heterocycles. The van der Waals surface area contributed by atoms with E-state index in [1.165, 1.54) is 64.6 Å². The lowest BCUT2D eigenvalue weighted by Gasteiger charge is -2.28. The Labute approximate surface area is 230 Å². The highest BCUT2D eigenvalue weighted by atomic mass is 32.1. The molecular weight excluding hydrogens is 492 g/mol. The van der Waals surface area contributed by atoms with E-state index in [1.807, 2.05) is 11.3 Å². The number of hydrogen-bond acceptors (Lipinski definition) is 2. The number of para-hydroxylation sites is 2. The molecule has 1 aliphatic heterocycles. The summed E-state index contributed by atoms with van der Waals surface area (Å²) in [4.78, 5) is 2.53. The Hall–Kier alpha value is -4.60. The van der Waals surface area contributed by atoms with Gasteiger partial charge < -0.3 is 9.47 Å². The van der Waals surface area contributed by atoms with Gasteiger partial charge in [-0.25, -0.2) is 0 Å². The summed E-state index contributed by atoms with van der Waals surface area (Å²) in [6.07, 6.45) is 9.07. The van der Waals surface area contributed by atoms with E-state index in [0.717, 1.165) is 0 Å². The molecule has 2 nitrogen and oxygen atoms in total. The molecule has 2 atom stereocenters. The molecule has 5 aromatic carbocycles. The molecule has 39 heavy (non-hydrogen) atoms. The van der Waals surface area contributed by atoms with Gasteiger partial charge in [-0.2, -0.15) is 0 Å². The summed E-state index contributed by atoms with van der Waals surface area (Å²) in [7, 11) is 0. The van der Waals surface area contributed by atoms with E-state index < -0.39 is 0 Å². The number of allylic oxidation sites excluding steroid dienone is 2. The van der Waals surface area contributed by atoms with Crippen molar-refractivity contribution in [1.29, 1.82) is 0 Å². The lowest BCUT2D eigenvalue weighted by atomic mass is 9.91. The third-order valence-corrected chi connectivity index (χ3v) is 9.73. The van der Waals surface area contributed by atoms with Crippen LogP contribution in [0.5, 0.6) is 0 Å². The van der Waals surface area contributed by atoms with Gasteiger partial charge >= 0.3 is 0 Å². The highest BCUT2D eigenvalue weighted by Gasteiger charge is 2.37. The maximum absolute atomic E-state index is 2.53. The summed E-state index contributed by atoms with van der Waals surface area (Å²) in [5, 5.41) is 5.24. The zero-order valence-corrected chi connectivity index (χ0v) is 22.0. The SMILES string of the molecule is C1=CC2c3ccccc3N(c3ccc4c(c3)c3ccccc3n4-c3cccc4c3sc3ccccc34)C2C=C1. The molecule has 0 amide bonds. The van der Waals surface area contributed by atoms with Crippen LogP contribution in [0.25, 0.3) is 47.7 Å². The topological polar surface area (TPSA) is 8.17 Å². The molecule has 0 saturated heterocycles. The quantitative estimate of drug-likeness (QED) is 0.222. The summed E-state index contributed by atoms with van der Waals surface area (Å²) in [5.41, 5.74) is 7.69. The van der Waals surface area contributed by atoms with Gasteiger partial charge in [0.15, 0.2) is 0 Å². The highest BCUT2D eigenvalue weighted by Crippen LogP contribution is 2.48. The van der Waals surface area contributed by atoms with Crippen LogP contribution in [0, 0.1) is 0 Å². The van der Waals surface area contributed by atoms with Crippen molar-refractivity contribution in [2.75, 3.05) is 4.90 Å². The third-order valence-electron chi connectivity index (χ3n) is 8.52. The average Bonchev–Trinajstić information content (AvgIpc) is 3.65. The van der Waals surface area contributed by atoms with Gasteiger partial charge in [0.05, 0.1) is 27.5 Å². The normalized spacial score (nSPS) is 18.0. The van der Waals surface area contributed by atoms with Gasteiger partial charge in [0.2, 0.25) is 0 Å². The van der Waals surface area contributed by atoms with Gasteiger partial charge in [0, 0.05) is 43.5 Å². The first kappa shape index (κ1) is 21.3. The third kappa shape index (κ3) is 2.91. The zero-order chi connectivity index (χ0) is 25.5. The second kappa shape index (κ2) is 7.95. The van der Waals surface area contributed by atoms with Crippen LogP contribution in [0.2, 0.25) is 0 Å². The number of anilines is 2. The first-order valence-corrected chi connectivity index (χ1v) is 14.4. The predicted octanol–water partition coefficient (Wildman–Crippen LogP) is 9.88. The smallest absolute Gasteiger partial charge is 0.0640 e. The predicted molar refractivity (Wildman–Crippen MR) is 167 cm³/mol. The van der Waals surface area contributed by atoms with Crippen LogP contribution < -0.4 is 4.90 Å². The second-order valence-electron chi connectivity index (χ2n) is 10.5. The number of fused-ring (bicyclic) bond motifs is 9. The van der Waals surface area contributed by atoms with Crippen molar-refractivity contribution in [3.63, 3.8) is 0 Å². The first-order valence-electron chi connectivity index (χ1n) is 13.5. The summed E-state index contributed by atoms with van der Waals surface area (Å²) < 4.78 is 5.14. The molecular formula is C36H24N2S. The lowest BCUT2D eigenvalue weighted by Crippen LogP contribution is -2.28. The van der Waals surface area contributed by atoms with E-state index >= 15 is 0 Å². The molecule has 1 aliphatic carbocycles. The van der Waals surface area contributed by atoms with Crippen LogP contribution in [-0.4, -0.2) is 10.6 Å². The number of rotatable bonds is 2. The summed E-state index contributed by atoms with van der Waals surface area (Å²) in [6.45, 7) is 0. The summed E-state index contributed by atoms with van der Waals surface area (Å²) in [5.74, 6) is 0.383. The number of aromatic nitrogens is 1. The van der Waals surface area contributed by atoms with Crippen molar-refractivity contribution in [3.05, 3.63) is 139 Å².